The highest BCUT2D eigenvalue weighted by Crippen LogP contribution is 2.11. The molecule has 5 nitrogen and oxygen atoms in total. The molecule has 0 radical (unpaired) electrons. The maximum absolute atomic E-state index is 11.7. The maximum atomic E-state index is 11.7. The van der Waals surface area contributed by atoms with E-state index in [0.717, 1.165) is 25.1 Å². The predicted octanol–water partition coefficient (Wildman–Crippen LogP) is 1.60. The number of benzene rings is 1. The molecule has 0 aliphatic carbocycles. The van der Waals surface area contributed by atoms with Gasteiger partial charge in [0.2, 0.25) is 5.91 Å². The maximum Gasteiger partial charge on any atom is 0.239 e. The summed E-state index contributed by atoms with van der Waals surface area (Å²) in [6.07, 6.45) is 2.25. The van der Waals surface area contributed by atoms with E-state index in [1.54, 1.807) is 24.3 Å². The van der Waals surface area contributed by atoms with E-state index in [1.807, 2.05) is 0 Å². The third-order valence-corrected chi connectivity index (χ3v) is 3.30. The van der Waals surface area contributed by atoms with Crippen LogP contribution in [0.1, 0.15) is 30.1 Å². The molecule has 0 bridgehead atoms. The largest absolute Gasteiger partial charge is 0.376 e. The minimum absolute atomic E-state index is 0.0332. The summed E-state index contributed by atoms with van der Waals surface area (Å²) in [5.41, 5.74) is 1.49. The van der Waals surface area contributed by atoms with E-state index in [-0.39, 0.29) is 24.3 Å². The zero-order valence-electron chi connectivity index (χ0n) is 11.6. The van der Waals surface area contributed by atoms with Crippen molar-refractivity contribution in [1.29, 1.82) is 0 Å². The predicted molar refractivity (Wildman–Crippen MR) is 76.9 cm³/mol. The van der Waals surface area contributed by atoms with Crippen LogP contribution in [0.25, 0.3) is 0 Å². The van der Waals surface area contributed by atoms with Crippen molar-refractivity contribution in [2.45, 2.75) is 25.9 Å². The van der Waals surface area contributed by atoms with Crippen LogP contribution in [-0.4, -0.2) is 37.5 Å². The number of hydrogen-bond acceptors (Lipinski definition) is 4. The first-order valence-electron chi connectivity index (χ1n) is 6.88. The highest BCUT2D eigenvalue weighted by Gasteiger charge is 2.15. The molecule has 1 unspecified atom stereocenters. The molecule has 1 heterocycles. The summed E-state index contributed by atoms with van der Waals surface area (Å²) in [4.78, 5) is 22.8. The third kappa shape index (κ3) is 4.35. The summed E-state index contributed by atoms with van der Waals surface area (Å²) in [6, 6.07) is 7.08. The first-order chi connectivity index (χ1) is 9.65. The average Bonchev–Trinajstić information content (AvgIpc) is 2.96. The molecule has 0 aromatic heterocycles. The number of nitrogens with one attached hydrogen (secondary N) is 2. The summed E-state index contributed by atoms with van der Waals surface area (Å²) >= 11 is 0. The van der Waals surface area contributed by atoms with Gasteiger partial charge in [-0.05, 0) is 44.0 Å². The van der Waals surface area contributed by atoms with Crippen molar-refractivity contribution >= 4 is 17.4 Å². The van der Waals surface area contributed by atoms with Crippen molar-refractivity contribution in [1.82, 2.24) is 5.32 Å². The van der Waals surface area contributed by atoms with Crippen molar-refractivity contribution in [3.8, 4) is 0 Å². The van der Waals surface area contributed by atoms with Gasteiger partial charge >= 0.3 is 0 Å². The minimum Gasteiger partial charge on any atom is -0.376 e. The van der Waals surface area contributed by atoms with Gasteiger partial charge in [0.15, 0.2) is 5.78 Å². The molecule has 1 aliphatic rings. The molecule has 1 aromatic rings. The Hall–Kier alpha value is -1.88. The topological polar surface area (TPSA) is 67.4 Å². The molecule has 1 saturated heterocycles. The Kier molecular flexibility index (Phi) is 5.12. The van der Waals surface area contributed by atoms with Crippen LogP contribution in [0, 0.1) is 0 Å². The number of rotatable bonds is 6. The second-order valence-corrected chi connectivity index (χ2v) is 4.93. The molecule has 1 amide bonds. The van der Waals surface area contributed by atoms with Gasteiger partial charge in [0.05, 0.1) is 12.6 Å². The number of anilines is 1. The normalized spacial score (nSPS) is 17.8. The molecule has 2 rings (SSSR count). The Morgan fingerprint density at radius 2 is 2.05 bits per heavy atom. The molecule has 20 heavy (non-hydrogen) atoms. The van der Waals surface area contributed by atoms with E-state index in [4.69, 9.17) is 4.74 Å². The number of ether oxygens (including phenoxy) is 1. The lowest BCUT2D eigenvalue weighted by molar-refractivity contribution is -0.119. The van der Waals surface area contributed by atoms with Crippen molar-refractivity contribution in [2.24, 2.45) is 0 Å². The second kappa shape index (κ2) is 7.05. The number of carbonyl (C=O) groups excluding carboxylic acids is 2. The first kappa shape index (κ1) is 14.5. The van der Waals surface area contributed by atoms with Crippen LogP contribution < -0.4 is 10.6 Å². The van der Waals surface area contributed by atoms with E-state index in [2.05, 4.69) is 10.6 Å². The summed E-state index contributed by atoms with van der Waals surface area (Å²) in [5.74, 6) is -0.0259. The van der Waals surface area contributed by atoms with Crippen molar-refractivity contribution in [3.63, 3.8) is 0 Å². The van der Waals surface area contributed by atoms with Gasteiger partial charge in [-0.3, -0.25) is 9.59 Å². The first-order valence-corrected chi connectivity index (χ1v) is 6.88. The molecule has 1 atom stereocenters. The van der Waals surface area contributed by atoms with Crippen LogP contribution in [0.2, 0.25) is 0 Å². The van der Waals surface area contributed by atoms with E-state index in [1.165, 1.54) is 6.92 Å². The quantitative estimate of drug-likeness (QED) is 0.774. The van der Waals surface area contributed by atoms with Gasteiger partial charge in [-0.2, -0.15) is 0 Å². The summed E-state index contributed by atoms with van der Waals surface area (Å²) < 4.78 is 5.43. The second-order valence-electron chi connectivity index (χ2n) is 4.93. The highest BCUT2D eigenvalue weighted by molar-refractivity contribution is 5.94. The molecular weight excluding hydrogens is 256 g/mol. The Morgan fingerprint density at radius 1 is 1.30 bits per heavy atom. The van der Waals surface area contributed by atoms with Gasteiger partial charge in [-0.1, -0.05) is 0 Å². The smallest absolute Gasteiger partial charge is 0.239 e. The molecular formula is C15H20N2O3. The Balaban J connectivity index is 1.70. The third-order valence-electron chi connectivity index (χ3n) is 3.30. The Bertz CT molecular complexity index is 465. The number of Topliss-reactive ketones (excluding diaryl/α,β-unsaturated/α-hetero) is 1. The minimum atomic E-state index is -0.0591. The lowest BCUT2D eigenvalue weighted by Crippen LogP contribution is -2.35. The lowest BCUT2D eigenvalue weighted by Gasteiger charge is -2.11. The summed E-state index contributed by atoms with van der Waals surface area (Å²) in [6.45, 7) is 3.11. The van der Waals surface area contributed by atoms with Crippen LogP contribution in [-0.2, 0) is 9.53 Å². The van der Waals surface area contributed by atoms with Gasteiger partial charge < -0.3 is 15.4 Å². The fraction of sp³-hybridized carbons (Fsp3) is 0.467. The van der Waals surface area contributed by atoms with Gasteiger partial charge in [0, 0.05) is 24.4 Å². The van der Waals surface area contributed by atoms with Gasteiger partial charge in [-0.15, -0.1) is 0 Å². The van der Waals surface area contributed by atoms with E-state index in [9.17, 15) is 9.59 Å². The van der Waals surface area contributed by atoms with Crippen molar-refractivity contribution in [3.05, 3.63) is 29.8 Å². The van der Waals surface area contributed by atoms with Crippen LogP contribution in [0.4, 0.5) is 5.69 Å². The number of amides is 1. The zero-order valence-corrected chi connectivity index (χ0v) is 11.6. The fourth-order valence-electron chi connectivity index (χ4n) is 2.10. The lowest BCUT2D eigenvalue weighted by atomic mass is 10.1. The molecule has 1 fully saturated rings. The number of ketones is 1. The monoisotopic (exact) mass is 276 g/mol. The van der Waals surface area contributed by atoms with E-state index in [0.29, 0.717) is 12.1 Å². The van der Waals surface area contributed by atoms with Gasteiger partial charge in [-0.25, -0.2) is 0 Å². The standard InChI is InChI=1S/C15H20N2O3/c1-11(18)12-4-6-13(7-5-12)16-10-15(19)17-9-14-3-2-8-20-14/h4-7,14,16H,2-3,8-10H2,1H3,(H,17,19). The van der Waals surface area contributed by atoms with E-state index < -0.39 is 0 Å². The SMILES string of the molecule is CC(=O)c1ccc(NCC(=O)NCC2CCCO2)cc1. The van der Waals surface area contributed by atoms with Crippen LogP contribution >= 0.6 is 0 Å². The van der Waals surface area contributed by atoms with E-state index >= 15 is 0 Å². The molecule has 0 saturated carbocycles. The molecule has 1 aliphatic heterocycles. The van der Waals surface area contributed by atoms with Gasteiger partial charge in [0.25, 0.3) is 0 Å². The van der Waals surface area contributed by atoms with Crippen LogP contribution in [0.15, 0.2) is 24.3 Å². The molecule has 0 spiro atoms. The highest BCUT2D eigenvalue weighted by atomic mass is 16.5. The molecule has 108 valence electrons. The average molecular weight is 276 g/mol. The van der Waals surface area contributed by atoms with Gasteiger partial charge in [0.1, 0.15) is 0 Å². The van der Waals surface area contributed by atoms with Crippen molar-refractivity contribution < 1.29 is 14.3 Å². The fourth-order valence-corrected chi connectivity index (χ4v) is 2.10. The molecule has 2 N–H and O–H groups in total. The zero-order chi connectivity index (χ0) is 14.4. The van der Waals surface area contributed by atoms with Crippen LogP contribution in [0.3, 0.4) is 0 Å². The Labute approximate surface area is 118 Å². The Morgan fingerprint density at radius 3 is 2.65 bits per heavy atom. The number of carbonyl (C=O) groups is 2. The van der Waals surface area contributed by atoms with Crippen LogP contribution in [0.5, 0.6) is 0 Å². The summed E-state index contributed by atoms with van der Waals surface area (Å²) in [5, 5.41) is 5.87. The number of hydrogen-bond donors (Lipinski definition) is 2. The summed E-state index contributed by atoms with van der Waals surface area (Å²) in [7, 11) is 0. The molecule has 5 heteroatoms. The molecule has 1 aromatic carbocycles. The van der Waals surface area contributed by atoms with Crippen molar-refractivity contribution in [2.75, 3.05) is 25.0 Å².